The van der Waals surface area contributed by atoms with Crippen molar-refractivity contribution in [2.45, 2.75) is 13.2 Å². The Hall–Kier alpha value is -1.32. The van der Waals surface area contributed by atoms with E-state index in [0.717, 1.165) is 6.42 Å². The summed E-state index contributed by atoms with van der Waals surface area (Å²) in [5.41, 5.74) is 8.10. The number of hydrogen-bond donors (Lipinski definition) is 1. The van der Waals surface area contributed by atoms with E-state index in [1.165, 1.54) is 16.5 Å². The van der Waals surface area contributed by atoms with E-state index in [1.807, 2.05) is 6.07 Å². The fourth-order valence-corrected chi connectivity index (χ4v) is 1.92. The molecule has 1 aromatic carbocycles. The molecule has 0 bridgehead atoms. The molecule has 3 heteroatoms. The third-order valence-electron chi connectivity index (χ3n) is 2.55. The van der Waals surface area contributed by atoms with E-state index >= 15 is 0 Å². The van der Waals surface area contributed by atoms with Crippen molar-refractivity contribution in [2.24, 2.45) is 5.73 Å². The van der Waals surface area contributed by atoms with Crippen molar-refractivity contribution in [2.75, 3.05) is 13.7 Å². The molecule has 0 radical (unpaired) electrons. The predicted octanol–water partition coefficient (Wildman–Crippen LogP) is 1.75. The van der Waals surface area contributed by atoms with Gasteiger partial charge in [0.1, 0.15) is 6.73 Å². The molecule has 0 amide bonds. The fraction of sp³-hybridized carbons (Fsp3) is 0.333. The summed E-state index contributed by atoms with van der Waals surface area (Å²) in [4.78, 5) is 0. The van der Waals surface area contributed by atoms with Gasteiger partial charge in [-0.1, -0.05) is 18.2 Å². The van der Waals surface area contributed by atoms with Gasteiger partial charge in [-0.05, 0) is 24.6 Å². The van der Waals surface area contributed by atoms with Crippen LogP contribution in [0.2, 0.25) is 0 Å². The van der Waals surface area contributed by atoms with Gasteiger partial charge in [-0.3, -0.25) is 0 Å². The van der Waals surface area contributed by atoms with E-state index in [0.29, 0.717) is 13.3 Å². The SMILES string of the molecule is COCn1cc(CCN)c2ccccc21. The highest BCUT2D eigenvalue weighted by atomic mass is 16.5. The van der Waals surface area contributed by atoms with Crippen molar-refractivity contribution >= 4 is 10.9 Å². The predicted molar refractivity (Wildman–Crippen MR) is 61.7 cm³/mol. The molecule has 2 aromatic rings. The lowest BCUT2D eigenvalue weighted by molar-refractivity contribution is 0.135. The van der Waals surface area contributed by atoms with Crippen molar-refractivity contribution in [3.05, 3.63) is 36.0 Å². The van der Waals surface area contributed by atoms with Crippen molar-refractivity contribution < 1.29 is 4.74 Å². The molecule has 0 atom stereocenters. The molecule has 0 aliphatic rings. The van der Waals surface area contributed by atoms with Gasteiger partial charge in [-0.25, -0.2) is 0 Å². The maximum atomic E-state index is 5.59. The first kappa shape index (κ1) is 10.2. The monoisotopic (exact) mass is 204 g/mol. The molecule has 0 saturated carbocycles. The van der Waals surface area contributed by atoms with Gasteiger partial charge in [-0.2, -0.15) is 0 Å². The molecule has 0 unspecified atom stereocenters. The summed E-state index contributed by atoms with van der Waals surface area (Å²) >= 11 is 0. The van der Waals surface area contributed by atoms with E-state index in [1.54, 1.807) is 7.11 Å². The second-order valence-corrected chi connectivity index (χ2v) is 3.60. The van der Waals surface area contributed by atoms with Crippen molar-refractivity contribution in [1.29, 1.82) is 0 Å². The molecule has 1 aromatic heterocycles. The van der Waals surface area contributed by atoms with Crippen LogP contribution in [-0.2, 0) is 17.9 Å². The second kappa shape index (κ2) is 4.47. The summed E-state index contributed by atoms with van der Waals surface area (Å²) in [6, 6.07) is 8.33. The molecule has 0 aliphatic carbocycles. The Morgan fingerprint density at radius 3 is 2.87 bits per heavy atom. The number of methoxy groups -OCH3 is 1. The van der Waals surface area contributed by atoms with E-state index in [9.17, 15) is 0 Å². The van der Waals surface area contributed by atoms with Crippen LogP contribution in [0.15, 0.2) is 30.5 Å². The molecular formula is C12H16N2O. The molecular weight excluding hydrogens is 188 g/mol. The fourth-order valence-electron chi connectivity index (χ4n) is 1.92. The molecule has 0 aliphatic heterocycles. The van der Waals surface area contributed by atoms with Crippen LogP contribution < -0.4 is 5.73 Å². The summed E-state index contributed by atoms with van der Waals surface area (Å²) in [7, 11) is 1.71. The van der Waals surface area contributed by atoms with Crippen LogP contribution in [0.4, 0.5) is 0 Å². The molecule has 3 nitrogen and oxygen atoms in total. The highest BCUT2D eigenvalue weighted by molar-refractivity contribution is 5.83. The molecule has 0 fully saturated rings. The van der Waals surface area contributed by atoms with Gasteiger partial charge < -0.3 is 15.0 Å². The zero-order chi connectivity index (χ0) is 10.7. The van der Waals surface area contributed by atoms with Crippen LogP contribution in [0.1, 0.15) is 5.56 Å². The van der Waals surface area contributed by atoms with Gasteiger partial charge in [-0.15, -0.1) is 0 Å². The number of ether oxygens (including phenoxy) is 1. The quantitative estimate of drug-likeness (QED) is 0.824. The van der Waals surface area contributed by atoms with Crippen LogP contribution in [0.25, 0.3) is 10.9 Å². The van der Waals surface area contributed by atoms with Gasteiger partial charge in [0.2, 0.25) is 0 Å². The largest absolute Gasteiger partial charge is 0.364 e. The lowest BCUT2D eigenvalue weighted by atomic mass is 10.1. The number of rotatable bonds is 4. The zero-order valence-electron chi connectivity index (χ0n) is 8.94. The number of nitrogens with zero attached hydrogens (tertiary/aromatic N) is 1. The van der Waals surface area contributed by atoms with E-state index < -0.39 is 0 Å². The van der Waals surface area contributed by atoms with Gasteiger partial charge >= 0.3 is 0 Å². The van der Waals surface area contributed by atoms with Gasteiger partial charge in [0, 0.05) is 18.7 Å². The third-order valence-corrected chi connectivity index (χ3v) is 2.55. The first-order valence-electron chi connectivity index (χ1n) is 5.12. The topological polar surface area (TPSA) is 40.2 Å². The third kappa shape index (κ3) is 1.89. The van der Waals surface area contributed by atoms with Crippen LogP contribution in [0, 0.1) is 0 Å². The lowest BCUT2D eigenvalue weighted by Gasteiger charge is -2.01. The Labute approximate surface area is 89.4 Å². The second-order valence-electron chi connectivity index (χ2n) is 3.60. The highest BCUT2D eigenvalue weighted by Crippen LogP contribution is 2.21. The first-order valence-corrected chi connectivity index (χ1v) is 5.12. The molecule has 2 N–H and O–H groups in total. The molecule has 2 rings (SSSR count). The number of para-hydroxylation sites is 1. The molecule has 1 heterocycles. The summed E-state index contributed by atoms with van der Waals surface area (Å²) < 4.78 is 7.27. The Kier molecular flexibility index (Phi) is 3.04. The minimum Gasteiger partial charge on any atom is -0.364 e. The smallest absolute Gasteiger partial charge is 0.122 e. The van der Waals surface area contributed by atoms with Gasteiger partial charge in [0.25, 0.3) is 0 Å². The average Bonchev–Trinajstić information content (AvgIpc) is 2.59. The minimum atomic E-state index is 0.588. The maximum absolute atomic E-state index is 5.59. The van der Waals surface area contributed by atoms with Gasteiger partial charge in [0.15, 0.2) is 0 Å². The molecule has 0 spiro atoms. The van der Waals surface area contributed by atoms with Crippen molar-refractivity contribution in [3.8, 4) is 0 Å². The summed E-state index contributed by atoms with van der Waals surface area (Å²) in [5, 5.41) is 1.28. The number of aromatic nitrogens is 1. The van der Waals surface area contributed by atoms with E-state index in [2.05, 4.69) is 29.0 Å². The number of hydrogen-bond acceptors (Lipinski definition) is 2. The summed E-state index contributed by atoms with van der Waals surface area (Å²) in [6.45, 7) is 1.27. The van der Waals surface area contributed by atoms with Crippen molar-refractivity contribution in [3.63, 3.8) is 0 Å². The van der Waals surface area contributed by atoms with Gasteiger partial charge in [0.05, 0.1) is 5.52 Å². The molecule has 0 saturated heterocycles. The Morgan fingerprint density at radius 2 is 2.13 bits per heavy atom. The lowest BCUT2D eigenvalue weighted by Crippen LogP contribution is -2.02. The average molecular weight is 204 g/mol. The zero-order valence-corrected chi connectivity index (χ0v) is 8.94. The minimum absolute atomic E-state index is 0.588. The van der Waals surface area contributed by atoms with Crippen LogP contribution >= 0.6 is 0 Å². The number of nitrogens with two attached hydrogens (primary N) is 1. The molecule has 15 heavy (non-hydrogen) atoms. The Bertz CT molecular complexity index is 408. The standard InChI is InChI=1S/C12H16N2O/c1-15-9-14-8-10(6-7-13)11-4-2-3-5-12(11)14/h2-5,8H,6-7,9,13H2,1H3. The highest BCUT2D eigenvalue weighted by Gasteiger charge is 2.06. The van der Waals surface area contributed by atoms with E-state index in [-0.39, 0.29) is 0 Å². The maximum Gasteiger partial charge on any atom is 0.122 e. The first-order chi connectivity index (χ1) is 7.36. The summed E-state index contributed by atoms with van der Waals surface area (Å²) in [5.74, 6) is 0. The summed E-state index contributed by atoms with van der Waals surface area (Å²) in [6.07, 6.45) is 3.04. The van der Waals surface area contributed by atoms with E-state index in [4.69, 9.17) is 10.5 Å². The normalized spacial score (nSPS) is 11.1. The Balaban J connectivity index is 2.52. The van der Waals surface area contributed by atoms with Crippen molar-refractivity contribution in [1.82, 2.24) is 4.57 Å². The Morgan fingerprint density at radius 1 is 1.33 bits per heavy atom. The van der Waals surface area contributed by atoms with Crippen LogP contribution in [0.5, 0.6) is 0 Å². The number of benzene rings is 1. The molecule has 80 valence electrons. The number of fused-ring (bicyclic) bond motifs is 1. The van der Waals surface area contributed by atoms with Crippen LogP contribution in [-0.4, -0.2) is 18.2 Å². The van der Waals surface area contributed by atoms with Crippen LogP contribution in [0.3, 0.4) is 0 Å².